The number of pyridine rings is 1. The van der Waals surface area contributed by atoms with Crippen molar-refractivity contribution in [3.05, 3.63) is 40.6 Å². The van der Waals surface area contributed by atoms with Crippen LogP contribution in [0, 0.1) is 20.8 Å². The molecule has 0 bridgehead atoms. The van der Waals surface area contributed by atoms with E-state index in [0.29, 0.717) is 12.6 Å². The Kier molecular flexibility index (Phi) is 6.32. The molecule has 1 aliphatic heterocycles. The standard InChI is InChI=1S/C21H30N6O2/c1-13-7-8-18(29-6)17(23-13)11-22-16-9-10-27(12-16)20-14(2)15(3)24-19(25-20)21(28)26(4)5/h7-8,16,22H,9-12H2,1-6H3/t16-/m1/s1. The SMILES string of the molecule is COc1ccc(C)nc1CN[C@@H]1CCN(c2nc(C(=O)N(C)C)nc(C)c2C)C1. The van der Waals surface area contributed by atoms with Gasteiger partial charge in [-0.15, -0.1) is 0 Å². The molecule has 3 rings (SSSR count). The van der Waals surface area contributed by atoms with Gasteiger partial charge in [-0.05, 0) is 39.3 Å². The Morgan fingerprint density at radius 1 is 1.24 bits per heavy atom. The minimum atomic E-state index is -0.180. The molecule has 0 unspecified atom stereocenters. The molecule has 1 aliphatic rings. The van der Waals surface area contributed by atoms with Crippen molar-refractivity contribution in [3.63, 3.8) is 0 Å². The van der Waals surface area contributed by atoms with E-state index in [2.05, 4.69) is 25.2 Å². The predicted octanol–water partition coefficient (Wildman–Crippen LogP) is 1.88. The molecule has 1 saturated heterocycles. The van der Waals surface area contributed by atoms with Crippen LogP contribution in [0.3, 0.4) is 0 Å². The van der Waals surface area contributed by atoms with Crippen LogP contribution >= 0.6 is 0 Å². The lowest BCUT2D eigenvalue weighted by molar-refractivity contribution is 0.0815. The monoisotopic (exact) mass is 398 g/mol. The van der Waals surface area contributed by atoms with Crippen LogP contribution in [0.5, 0.6) is 5.75 Å². The fourth-order valence-electron chi connectivity index (χ4n) is 3.49. The summed E-state index contributed by atoms with van der Waals surface area (Å²) in [7, 11) is 5.09. The van der Waals surface area contributed by atoms with Crippen molar-refractivity contribution in [2.45, 2.75) is 39.8 Å². The highest BCUT2D eigenvalue weighted by molar-refractivity contribution is 5.90. The summed E-state index contributed by atoms with van der Waals surface area (Å²) in [6.07, 6.45) is 0.994. The van der Waals surface area contributed by atoms with E-state index < -0.39 is 0 Å². The van der Waals surface area contributed by atoms with Gasteiger partial charge in [0.2, 0.25) is 5.82 Å². The summed E-state index contributed by atoms with van der Waals surface area (Å²) in [6, 6.07) is 4.22. The van der Waals surface area contributed by atoms with Crippen molar-refractivity contribution in [2.24, 2.45) is 0 Å². The van der Waals surface area contributed by atoms with E-state index in [-0.39, 0.29) is 11.7 Å². The van der Waals surface area contributed by atoms with Gasteiger partial charge >= 0.3 is 0 Å². The zero-order valence-corrected chi connectivity index (χ0v) is 18.1. The van der Waals surface area contributed by atoms with Crippen LogP contribution in [0.15, 0.2) is 12.1 Å². The third-order valence-corrected chi connectivity index (χ3v) is 5.30. The van der Waals surface area contributed by atoms with Crippen LogP contribution in [0.4, 0.5) is 5.82 Å². The molecule has 29 heavy (non-hydrogen) atoms. The zero-order chi connectivity index (χ0) is 21.1. The van der Waals surface area contributed by atoms with E-state index in [0.717, 1.165) is 53.7 Å². The quantitative estimate of drug-likeness (QED) is 0.795. The zero-order valence-electron chi connectivity index (χ0n) is 18.1. The van der Waals surface area contributed by atoms with E-state index in [9.17, 15) is 4.79 Å². The van der Waals surface area contributed by atoms with Crippen molar-refractivity contribution < 1.29 is 9.53 Å². The molecule has 2 aromatic heterocycles. The second-order valence-corrected chi connectivity index (χ2v) is 7.69. The molecular weight excluding hydrogens is 368 g/mol. The summed E-state index contributed by atoms with van der Waals surface area (Å²) in [5, 5.41) is 3.59. The lowest BCUT2D eigenvalue weighted by Gasteiger charge is -2.22. The number of hydrogen-bond donors (Lipinski definition) is 1. The lowest BCUT2D eigenvalue weighted by atomic mass is 10.2. The molecule has 0 aliphatic carbocycles. The van der Waals surface area contributed by atoms with Gasteiger partial charge in [-0.25, -0.2) is 9.97 Å². The first-order valence-corrected chi connectivity index (χ1v) is 9.86. The number of nitrogens with zero attached hydrogens (tertiary/aromatic N) is 5. The Labute approximate surface area is 172 Å². The molecule has 0 aromatic carbocycles. The highest BCUT2D eigenvalue weighted by Gasteiger charge is 2.27. The molecular formula is C21H30N6O2. The van der Waals surface area contributed by atoms with Crippen LogP contribution in [0.25, 0.3) is 0 Å². The Balaban J connectivity index is 1.71. The first-order valence-electron chi connectivity index (χ1n) is 9.86. The van der Waals surface area contributed by atoms with Gasteiger partial charge in [0.05, 0.1) is 12.8 Å². The molecule has 1 fully saturated rings. The average Bonchev–Trinajstić information content (AvgIpc) is 3.16. The Morgan fingerprint density at radius 3 is 2.69 bits per heavy atom. The summed E-state index contributed by atoms with van der Waals surface area (Å²) < 4.78 is 5.42. The number of anilines is 1. The average molecular weight is 399 g/mol. The van der Waals surface area contributed by atoms with Crippen LogP contribution in [0.1, 0.15) is 39.7 Å². The third-order valence-electron chi connectivity index (χ3n) is 5.30. The maximum Gasteiger partial charge on any atom is 0.291 e. The lowest BCUT2D eigenvalue weighted by Crippen LogP contribution is -2.33. The van der Waals surface area contributed by atoms with E-state index in [1.54, 1.807) is 21.2 Å². The van der Waals surface area contributed by atoms with E-state index in [4.69, 9.17) is 4.74 Å². The number of methoxy groups -OCH3 is 1. The van der Waals surface area contributed by atoms with Crippen molar-refractivity contribution >= 4 is 11.7 Å². The van der Waals surface area contributed by atoms with Crippen LogP contribution in [-0.2, 0) is 6.54 Å². The summed E-state index contributed by atoms with van der Waals surface area (Å²) in [6.45, 7) is 8.26. The summed E-state index contributed by atoms with van der Waals surface area (Å²) in [4.78, 5) is 29.6. The number of amides is 1. The van der Waals surface area contributed by atoms with Crippen LogP contribution in [0.2, 0.25) is 0 Å². The maximum atomic E-state index is 12.3. The van der Waals surface area contributed by atoms with Crippen molar-refractivity contribution in [2.75, 3.05) is 39.2 Å². The molecule has 8 heteroatoms. The molecule has 8 nitrogen and oxygen atoms in total. The van der Waals surface area contributed by atoms with E-state index >= 15 is 0 Å². The Hall–Kier alpha value is -2.74. The van der Waals surface area contributed by atoms with Gasteiger partial charge in [0, 0.05) is 56.7 Å². The first-order chi connectivity index (χ1) is 13.8. The largest absolute Gasteiger partial charge is 0.495 e. The topological polar surface area (TPSA) is 83.5 Å². The Morgan fingerprint density at radius 2 is 2.00 bits per heavy atom. The number of ether oxygens (including phenoxy) is 1. The van der Waals surface area contributed by atoms with Crippen molar-refractivity contribution in [3.8, 4) is 5.75 Å². The van der Waals surface area contributed by atoms with E-state index in [1.165, 1.54) is 4.90 Å². The molecule has 0 spiro atoms. The molecule has 0 radical (unpaired) electrons. The summed E-state index contributed by atoms with van der Waals surface area (Å²) in [5.41, 5.74) is 3.74. The molecule has 0 saturated carbocycles. The highest BCUT2D eigenvalue weighted by atomic mass is 16.5. The maximum absolute atomic E-state index is 12.3. The Bertz CT molecular complexity index is 899. The molecule has 3 heterocycles. The number of carbonyl (C=O) groups excluding carboxylic acids is 1. The number of carbonyl (C=O) groups is 1. The van der Waals surface area contributed by atoms with Gasteiger partial charge in [0.15, 0.2) is 0 Å². The van der Waals surface area contributed by atoms with Crippen molar-refractivity contribution in [1.29, 1.82) is 0 Å². The number of nitrogens with one attached hydrogen (secondary N) is 1. The van der Waals surface area contributed by atoms with Crippen LogP contribution < -0.4 is 15.0 Å². The fraction of sp³-hybridized carbons (Fsp3) is 0.524. The first kappa shape index (κ1) is 21.0. The van der Waals surface area contributed by atoms with Crippen molar-refractivity contribution in [1.82, 2.24) is 25.2 Å². The van der Waals surface area contributed by atoms with E-state index in [1.807, 2.05) is 32.9 Å². The minimum absolute atomic E-state index is 0.180. The smallest absolute Gasteiger partial charge is 0.291 e. The van der Waals surface area contributed by atoms with Crippen LogP contribution in [-0.4, -0.2) is 66.1 Å². The second-order valence-electron chi connectivity index (χ2n) is 7.69. The predicted molar refractivity (Wildman–Crippen MR) is 113 cm³/mol. The molecule has 1 N–H and O–H groups in total. The fourth-order valence-corrected chi connectivity index (χ4v) is 3.49. The molecule has 1 amide bonds. The van der Waals surface area contributed by atoms with Gasteiger partial charge in [-0.3, -0.25) is 9.78 Å². The molecule has 2 aromatic rings. The van der Waals surface area contributed by atoms with Gasteiger partial charge in [-0.1, -0.05) is 0 Å². The third kappa shape index (κ3) is 4.64. The number of rotatable bonds is 6. The highest BCUT2D eigenvalue weighted by Crippen LogP contribution is 2.25. The summed E-state index contributed by atoms with van der Waals surface area (Å²) >= 11 is 0. The number of hydrogen-bond acceptors (Lipinski definition) is 7. The number of aryl methyl sites for hydroxylation is 2. The van der Waals surface area contributed by atoms with Gasteiger partial charge in [-0.2, -0.15) is 0 Å². The summed E-state index contributed by atoms with van der Waals surface area (Å²) in [5.74, 6) is 1.71. The van der Waals surface area contributed by atoms with Gasteiger partial charge < -0.3 is 19.9 Å². The molecule has 1 atom stereocenters. The van der Waals surface area contributed by atoms with Gasteiger partial charge in [0.1, 0.15) is 11.6 Å². The normalized spacial score (nSPS) is 16.2. The molecule has 156 valence electrons. The van der Waals surface area contributed by atoms with Gasteiger partial charge in [0.25, 0.3) is 5.91 Å². The number of aromatic nitrogens is 3. The second kappa shape index (κ2) is 8.73. The minimum Gasteiger partial charge on any atom is -0.495 e.